The lowest BCUT2D eigenvalue weighted by Crippen LogP contribution is -2.45. The highest BCUT2D eigenvalue weighted by Gasteiger charge is 2.33. The Labute approximate surface area is 124 Å². The largest absolute Gasteiger partial charge is 0.372 e. The van der Waals surface area contributed by atoms with Crippen LogP contribution in [0.2, 0.25) is 0 Å². The van der Waals surface area contributed by atoms with Gasteiger partial charge in [0.2, 0.25) is 0 Å². The lowest BCUT2D eigenvalue weighted by Gasteiger charge is -2.31. The fraction of sp³-hybridized carbons (Fsp3) is 0.733. The van der Waals surface area contributed by atoms with E-state index in [9.17, 15) is 4.79 Å². The summed E-state index contributed by atoms with van der Waals surface area (Å²) < 4.78 is 7.77. The Kier molecular flexibility index (Phi) is 3.43. The Bertz CT molecular complexity index is 508. The number of hydrogen-bond acceptors (Lipinski definition) is 4. The van der Waals surface area contributed by atoms with Crippen molar-refractivity contribution in [3.8, 4) is 0 Å². The molecule has 2 saturated heterocycles. The van der Waals surface area contributed by atoms with Crippen LogP contribution >= 0.6 is 0 Å². The summed E-state index contributed by atoms with van der Waals surface area (Å²) >= 11 is 0. The Balaban J connectivity index is 1.26. The van der Waals surface area contributed by atoms with E-state index < -0.39 is 0 Å². The normalized spacial score (nSPS) is 27.8. The lowest BCUT2D eigenvalue weighted by molar-refractivity contribution is -0.0375. The third kappa shape index (κ3) is 2.70. The minimum absolute atomic E-state index is 0.0480. The molecule has 2 atom stereocenters. The van der Waals surface area contributed by atoms with Gasteiger partial charge in [0.1, 0.15) is 5.69 Å². The molecule has 2 unspecified atom stereocenters. The average molecular weight is 290 g/mol. The van der Waals surface area contributed by atoms with Crippen molar-refractivity contribution in [3.05, 3.63) is 17.5 Å². The molecule has 1 aromatic heterocycles. The van der Waals surface area contributed by atoms with Crippen LogP contribution in [0.1, 0.15) is 35.4 Å². The molecule has 0 aliphatic carbocycles. The standard InChI is InChI=1S/C15H22N4O2/c20-15(14-8-11-2-1-6-19(11)17-14)16-5-7-18-9-12-3-4-13(10-18)21-12/h8,12-13H,1-7,9-10H2,(H,16,20). The molecule has 0 radical (unpaired) electrons. The van der Waals surface area contributed by atoms with Gasteiger partial charge in [-0.15, -0.1) is 0 Å². The molecule has 3 aliphatic heterocycles. The van der Waals surface area contributed by atoms with Crippen molar-refractivity contribution in [1.82, 2.24) is 20.0 Å². The highest BCUT2D eigenvalue weighted by molar-refractivity contribution is 5.92. The van der Waals surface area contributed by atoms with Crippen molar-refractivity contribution in [2.24, 2.45) is 0 Å². The van der Waals surface area contributed by atoms with Crippen LogP contribution in [0.15, 0.2) is 6.07 Å². The summed E-state index contributed by atoms with van der Waals surface area (Å²) in [4.78, 5) is 14.5. The van der Waals surface area contributed by atoms with E-state index in [0.29, 0.717) is 24.4 Å². The summed E-state index contributed by atoms with van der Waals surface area (Å²) in [6.07, 6.45) is 5.38. The van der Waals surface area contributed by atoms with Gasteiger partial charge in [-0.25, -0.2) is 0 Å². The number of nitrogens with zero attached hydrogens (tertiary/aromatic N) is 3. The van der Waals surface area contributed by atoms with Gasteiger partial charge in [-0.1, -0.05) is 0 Å². The van der Waals surface area contributed by atoms with Crippen LogP contribution in [0.3, 0.4) is 0 Å². The predicted molar refractivity (Wildman–Crippen MR) is 77.2 cm³/mol. The number of hydrogen-bond donors (Lipinski definition) is 1. The first-order valence-corrected chi connectivity index (χ1v) is 8.01. The first-order chi connectivity index (χ1) is 10.3. The van der Waals surface area contributed by atoms with Crippen molar-refractivity contribution in [2.75, 3.05) is 26.2 Å². The van der Waals surface area contributed by atoms with Gasteiger partial charge in [-0.2, -0.15) is 5.10 Å². The second kappa shape index (κ2) is 5.42. The van der Waals surface area contributed by atoms with Crippen LogP contribution in [-0.4, -0.2) is 59.0 Å². The van der Waals surface area contributed by atoms with Crippen molar-refractivity contribution < 1.29 is 9.53 Å². The highest BCUT2D eigenvalue weighted by atomic mass is 16.5. The van der Waals surface area contributed by atoms with E-state index in [2.05, 4.69) is 15.3 Å². The molecule has 0 aromatic carbocycles. The van der Waals surface area contributed by atoms with E-state index in [1.54, 1.807) is 0 Å². The zero-order valence-corrected chi connectivity index (χ0v) is 12.3. The molecule has 0 spiro atoms. The number of aromatic nitrogens is 2. The Hall–Kier alpha value is -1.40. The van der Waals surface area contributed by atoms with Gasteiger partial charge in [-0.05, 0) is 31.7 Å². The fourth-order valence-electron chi connectivity index (χ4n) is 3.67. The van der Waals surface area contributed by atoms with Gasteiger partial charge < -0.3 is 10.1 Å². The molecule has 4 heterocycles. The molecule has 2 fully saturated rings. The van der Waals surface area contributed by atoms with E-state index in [4.69, 9.17) is 4.74 Å². The molecular weight excluding hydrogens is 268 g/mol. The Morgan fingerprint density at radius 3 is 2.95 bits per heavy atom. The Morgan fingerprint density at radius 1 is 1.38 bits per heavy atom. The summed E-state index contributed by atoms with van der Waals surface area (Å²) in [6.45, 7) is 4.53. The number of carbonyl (C=O) groups excluding carboxylic acids is 1. The maximum atomic E-state index is 12.1. The van der Waals surface area contributed by atoms with Crippen LogP contribution in [0, 0.1) is 0 Å². The van der Waals surface area contributed by atoms with Gasteiger partial charge >= 0.3 is 0 Å². The summed E-state index contributed by atoms with van der Waals surface area (Å²) in [5, 5.41) is 7.35. The second-order valence-corrected chi connectivity index (χ2v) is 6.32. The molecule has 0 saturated carbocycles. The number of likely N-dealkylation sites (tertiary alicyclic amines) is 1. The number of aryl methyl sites for hydroxylation is 2. The number of rotatable bonds is 4. The molecule has 2 bridgehead atoms. The van der Waals surface area contributed by atoms with Crippen molar-refractivity contribution in [2.45, 2.75) is 44.4 Å². The summed E-state index contributed by atoms with van der Waals surface area (Å²) in [7, 11) is 0. The quantitative estimate of drug-likeness (QED) is 0.873. The third-order valence-electron chi connectivity index (χ3n) is 4.73. The van der Waals surface area contributed by atoms with Gasteiger partial charge in [0.15, 0.2) is 0 Å². The van der Waals surface area contributed by atoms with Gasteiger partial charge in [0.25, 0.3) is 5.91 Å². The number of amides is 1. The van der Waals surface area contributed by atoms with Gasteiger partial charge in [-0.3, -0.25) is 14.4 Å². The van der Waals surface area contributed by atoms with Crippen LogP contribution in [0.4, 0.5) is 0 Å². The lowest BCUT2D eigenvalue weighted by atomic mass is 10.2. The van der Waals surface area contributed by atoms with Crippen LogP contribution in [0.5, 0.6) is 0 Å². The third-order valence-corrected chi connectivity index (χ3v) is 4.73. The van der Waals surface area contributed by atoms with E-state index in [-0.39, 0.29) is 5.91 Å². The zero-order chi connectivity index (χ0) is 14.2. The number of carbonyl (C=O) groups is 1. The van der Waals surface area contributed by atoms with Crippen LogP contribution in [0.25, 0.3) is 0 Å². The minimum atomic E-state index is -0.0480. The molecule has 4 rings (SSSR count). The fourth-order valence-corrected chi connectivity index (χ4v) is 3.67. The molecule has 21 heavy (non-hydrogen) atoms. The van der Waals surface area contributed by atoms with E-state index in [1.165, 1.54) is 18.5 Å². The topological polar surface area (TPSA) is 59.4 Å². The summed E-state index contributed by atoms with van der Waals surface area (Å²) in [6, 6.07) is 1.93. The van der Waals surface area contributed by atoms with E-state index in [0.717, 1.165) is 39.0 Å². The molecule has 114 valence electrons. The number of morpholine rings is 1. The van der Waals surface area contributed by atoms with Crippen molar-refractivity contribution in [1.29, 1.82) is 0 Å². The average Bonchev–Trinajstić information content (AvgIpc) is 3.13. The maximum Gasteiger partial charge on any atom is 0.271 e. The number of ether oxygens (including phenoxy) is 1. The molecule has 1 aromatic rings. The van der Waals surface area contributed by atoms with Crippen molar-refractivity contribution >= 4 is 5.91 Å². The van der Waals surface area contributed by atoms with Crippen molar-refractivity contribution in [3.63, 3.8) is 0 Å². The molecule has 3 aliphatic rings. The summed E-state index contributed by atoms with van der Waals surface area (Å²) in [5.41, 5.74) is 1.75. The smallest absolute Gasteiger partial charge is 0.271 e. The molecule has 6 heteroatoms. The minimum Gasteiger partial charge on any atom is -0.372 e. The first kappa shape index (κ1) is 13.3. The van der Waals surface area contributed by atoms with Crippen LogP contribution < -0.4 is 5.32 Å². The van der Waals surface area contributed by atoms with E-state index >= 15 is 0 Å². The number of nitrogens with one attached hydrogen (secondary N) is 1. The Morgan fingerprint density at radius 2 is 2.19 bits per heavy atom. The molecule has 1 amide bonds. The monoisotopic (exact) mass is 290 g/mol. The van der Waals surface area contributed by atoms with Gasteiger partial charge in [0.05, 0.1) is 12.2 Å². The maximum absolute atomic E-state index is 12.1. The summed E-state index contributed by atoms with van der Waals surface area (Å²) in [5.74, 6) is -0.0480. The van der Waals surface area contributed by atoms with Gasteiger partial charge in [0, 0.05) is 38.4 Å². The SMILES string of the molecule is O=C(NCCN1CC2CCC(C1)O2)c1cc2n(n1)CCC2. The molecular formula is C15H22N4O2. The highest BCUT2D eigenvalue weighted by Crippen LogP contribution is 2.25. The van der Waals surface area contributed by atoms with E-state index in [1.807, 2.05) is 10.7 Å². The predicted octanol–water partition coefficient (Wildman–Crippen LogP) is 0.422. The molecule has 6 nitrogen and oxygen atoms in total. The number of fused-ring (bicyclic) bond motifs is 3. The first-order valence-electron chi connectivity index (χ1n) is 8.01. The second-order valence-electron chi connectivity index (χ2n) is 6.32. The zero-order valence-electron chi connectivity index (χ0n) is 12.3. The molecule has 1 N–H and O–H groups in total. The van der Waals surface area contributed by atoms with Crippen LogP contribution in [-0.2, 0) is 17.7 Å².